The predicted molar refractivity (Wildman–Crippen MR) is 97.3 cm³/mol. The fourth-order valence-electron chi connectivity index (χ4n) is 2.87. The minimum atomic E-state index is -0.555. The number of amides is 1. The lowest BCUT2D eigenvalue weighted by Crippen LogP contribution is -2.30. The topological polar surface area (TPSA) is 67.8 Å². The van der Waals surface area contributed by atoms with Crippen LogP contribution in [0.4, 0.5) is 0 Å². The van der Waals surface area contributed by atoms with E-state index in [9.17, 15) is 9.90 Å². The molecule has 0 radical (unpaired) electrons. The van der Waals surface area contributed by atoms with E-state index in [2.05, 4.69) is 5.32 Å². The second kappa shape index (κ2) is 7.45. The fraction of sp³-hybridized carbons (Fsp3) is 0.421. The summed E-state index contributed by atoms with van der Waals surface area (Å²) in [7, 11) is 0. The molecule has 0 saturated carbocycles. The number of aliphatic hydroxyl groups is 1. The van der Waals surface area contributed by atoms with Gasteiger partial charge in [-0.15, -0.1) is 0 Å². The molecule has 3 rings (SSSR count). The molecule has 0 aliphatic carbocycles. The van der Waals surface area contributed by atoms with Crippen molar-refractivity contribution in [3.8, 4) is 11.5 Å². The van der Waals surface area contributed by atoms with E-state index in [0.717, 1.165) is 23.3 Å². The van der Waals surface area contributed by atoms with Gasteiger partial charge in [-0.2, -0.15) is 11.3 Å². The lowest BCUT2D eigenvalue weighted by atomic mass is 10.0. The van der Waals surface area contributed by atoms with Crippen LogP contribution in [0.25, 0.3) is 0 Å². The van der Waals surface area contributed by atoms with Crippen LogP contribution in [-0.4, -0.2) is 29.8 Å². The molecule has 1 aromatic carbocycles. The Balaban J connectivity index is 1.45. The Morgan fingerprint density at radius 3 is 3.04 bits per heavy atom. The van der Waals surface area contributed by atoms with E-state index >= 15 is 0 Å². The standard InChI is InChI=1S/C19H23NO4S/c1-19(2)10-13-4-3-5-16(18(13)24-19)23-11-17(22)20-8-6-15(21)14-7-9-25-12-14/h3-5,7,9,12,15,21H,6,8,10-11H2,1-2H3,(H,20,22). The van der Waals surface area contributed by atoms with Crippen LogP contribution in [0, 0.1) is 0 Å². The molecule has 25 heavy (non-hydrogen) atoms. The van der Waals surface area contributed by atoms with Crippen molar-refractivity contribution >= 4 is 17.2 Å². The maximum atomic E-state index is 12.0. The van der Waals surface area contributed by atoms with Crippen LogP contribution in [0.3, 0.4) is 0 Å². The van der Waals surface area contributed by atoms with E-state index in [0.29, 0.717) is 18.7 Å². The number of fused-ring (bicyclic) bond motifs is 1. The summed E-state index contributed by atoms with van der Waals surface area (Å²) in [6, 6.07) is 7.63. The van der Waals surface area contributed by atoms with Gasteiger partial charge in [0.1, 0.15) is 5.60 Å². The molecule has 5 nitrogen and oxygen atoms in total. The first-order valence-electron chi connectivity index (χ1n) is 8.35. The normalized spacial score (nSPS) is 16.0. The number of nitrogens with one attached hydrogen (secondary N) is 1. The molecule has 0 spiro atoms. The summed E-state index contributed by atoms with van der Waals surface area (Å²) in [6.07, 6.45) is 0.743. The number of para-hydroxylation sites is 1. The zero-order valence-corrected chi connectivity index (χ0v) is 15.3. The number of hydrogen-bond donors (Lipinski definition) is 2. The average molecular weight is 361 g/mol. The van der Waals surface area contributed by atoms with Crippen molar-refractivity contribution in [3.63, 3.8) is 0 Å². The van der Waals surface area contributed by atoms with Crippen molar-refractivity contribution in [2.45, 2.75) is 38.4 Å². The molecule has 1 aliphatic rings. The smallest absolute Gasteiger partial charge is 0.257 e. The first kappa shape index (κ1) is 17.8. The highest BCUT2D eigenvalue weighted by Crippen LogP contribution is 2.41. The SMILES string of the molecule is CC1(C)Cc2cccc(OCC(=O)NCCC(O)c3ccsc3)c2O1. The van der Waals surface area contributed by atoms with Crippen LogP contribution in [0.15, 0.2) is 35.0 Å². The zero-order valence-electron chi connectivity index (χ0n) is 14.5. The second-order valence-corrected chi connectivity index (χ2v) is 7.56. The third-order valence-corrected chi connectivity index (χ3v) is 4.78. The summed E-state index contributed by atoms with van der Waals surface area (Å²) in [5, 5.41) is 16.6. The van der Waals surface area contributed by atoms with Gasteiger partial charge in [0, 0.05) is 18.5 Å². The number of thiophene rings is 1. The van der Waals surface area contributed by atoms with Crippen LogP contribution >= 0.6 is 11.3 Å². The number of carbonyl (C=O) groups excluding carboxylic acids is 1. The van der Waals surface area contributed by atoms with Crippen LogP contribution < -0.4 is 14.8 Å². The lowest BCUT2D eigenvalue weighted by molar-refractivity contribution is -0.123. The highest BCUT2D eigenvalue weighted by atomic mass is 32.1. The number of hydrogen-bond acceptors (Lipinski definition) is 5. The quantitative estimate of drug-likeness (QED) is 0.795. The van der Waals surface area contributed by atoms with Gasteiger partial charge in [0.25, 0.3) is 5.91 Å². The number of aliphatic hydroxyl groups excluding tert-OH is 1. The number of benzene rings is 1. The number of ether oxygens (including phenoxy) is 2. The van der Waals surface area contributed by atoms with Crippen LogP contribution in [-0.2, 0) is 11.2 Å². The molecule has 1 amide bonds. The van der Waals surface area contributed by atoms with Gasteiger partial charge in [-0.05, 0) is 48.7 Å². The summed E-state index contributed by atoms with van der Waals surface area (Å²) in [5.41, 5.74) is 1.74. The average Bonchev–Trinajstić information content (AvgIpc) is 3.18. The summed E-state index contributed by atoms with van der Waals surface area (Å²) in [4.78, 5) is 12.0. The molecule has 2 heterocycles. The molecule has 0 fully saturated rings. The molecule has 1 atom stereocenters. The van der Waals surface area contributed by atoms with E-state index < -0.39 is 6.10 Å². The minimum Gasteiger partial charge on any atom is -0.483 e. The zero-order chi connectivity index (χ0) is 17.9. The summed E-state index contributed by atoms with van der Waals surface area (Å²) < 4.78 is 11.6. The highest BCUT2D eigenvalue weighted by Gasteiger charge is 2.32. The summed E-state index contributed by atoms with van der Waals surface area (Å²) >= 11 is 1.54. The number of rotatable bonds is 7. The van der Waals surface area contributed by atoms with Crippen LogP contribution in [0.5, 0.6) is 11.5 Å². The number of carbonyl (C=O) groups is 1. The van der Waals surface area contributed by atoms with Crippen molar-refractivity contribution in [3.05, 3.63) is 46.2 Å². The lowest BCUT2D eigenvalue weighted by Gasteiger charge is -2.18. The van der Waals surface area contributed by atoms with E-state index in [1.165, 1.54) is 0 Å². The maximum Gasteiger partial charge on any atom is 0.257 e. The minimum absolute atomic E-state index is 0.0746. The Morgan fingerprint density at radius 1 is 1.44 bits per heavy atom. The van der Waals surface area contributed by atoms with Gasteiger partial charge < -0.3 is 19.9 Å². The molecule has 134 valence electrons. The van der Waals surface area contributed by atoms with Gasteiger partial charge in [-0.25, -0.2) is 0 Å². The van der Waals surface area contributed by atoms with Gasteiger partial charge in [0.15, 0.2) is 18.1 Å². The Hall–Kier alpha value is -2.05. The summed E-state index contributed by atoms with van der Waals surface area (Å²) in [5.74, 6) is 1.11. The van der Waals surface area contributed by atoms with Crippen molar-refractivity contribution in [1.29, 1.82) is 0 Å². The van der Waals surface area contributed by atoms with Crippen molar-refractivity contribution in [1.82, 2.24) is 5.32 Å². The Kier molecular flexibility index (Phi) is 5.30. The van der Waals surface area contributed by atoms with E-state index in [-0.39, 0.29) is 18.1 Å². The molecule has 1 aromatic heterocycles. The van der Waals surface area contributed by atoms with E-state index in [4.69, 9.17) is 9.47 Å². The molecular weight excluding hydrogens is 338 g/mol. The van der Waals surface area contributed by atoms with Gasteiger partial charge in [0.05, 0.1) is 6.10 Å². The van der Waals surface area contributed by atoms with Gasteiger partial charge in [-0.1, -0.05) is 12.1 Å². The molecule has 1 aliphatic heterocycles. The fourth-order valence-corrected chi connectivity index (χ4v) is 3.58. The molecule has 0 bridgehead atoms. The van der Waals surface area contributed by atoms with Gasteiger partial charge >= 0.3 is 0 Å². The molecule has 2 aromatic rings. The van der Waals surface area contributed by atoms with Crippen molar-refractivity contribution in [2.75, 3.05) is 13.2 Å². The monoisotopic (exact) mass is 361 g/mol. The predicted octanol–water partition coefficient (Wildman–Crippen LogP) is 3.08. The van der Waals surface area contributed by atoms with Crippen LogP contribution in [0.2, 0.25) is 0 Å². The Morgan fingerprint density at radius 2 is 2.28 bits per heavy atom. The first-order chi connectivity index (χ1) is 11.9. The largest absolute Gasteiger partial charge is 0.483 e. The molecule has 1 unspecified atom stereocenters. The second-order valence-electron chi connectivity index (χ2n) is 6.78. The highest BCUT2D eigenvalue weighted by molar-refractivity contribution is 7.07. The van der Waals surface area contributed by atoms with E-state index in [1.807, 2.05) is 48.9 Å². The van der Waals surface area contributed by atoms with Crippen molar-refractivity contribution < 1.29 is 19.4 Å². The molecular formula is C19H23NO4S. The third-order valence-electron chi connectivity index (χ3n) is 4.08. The van der Waals surface area contributed by atoms with Gasteiger partial charge in [-0.3, -0.25) is 4.79 Å². The van der Waals surface area contributed by atoms with Gasteiger partial charge in [0.2, 0.25) is 0 Å². The van der Waals surface area contributed by atoms with Crippen LogP contribution in [0.1, 0.15) is 37.5 Å². The summed E-state index contributed by atoms with van der Waals surface area (Å²) in [6.45, 7) is 4.38. The molecule has 6 heteroatoms. The maximum absolute atomic E-state index is 12.0. The molecule has 2 N–H and O–H groups in total. The van der Waals surface area contributed by atoms with Crippen molar-refractivity contribution in [2.24, 2.45) is 0 Å². The molecule has 0 saturated heterocycles. The van der Waals surface area contributed by atoms with E-state index in [1.54, 1.807) is 11.3 Å². The Bertz CT molecular complexity index is 727. The first-order valence-corrected chi connectivity index (χ1v) is 9.29. The Labute approximate surface area is 151 Å². The third kappa shape index (κ3) is 4.52.